The molecule has 2 aromatic rings. The third-order valence-corrected chi connectivity index (χ3v) is 2.98. The topological polar surface area (TPSA) is 64.9 Å². The summed E-state index contributed by atoms with van der Waals surface area (Å²) in [6.45, 7) is 3.62. The van der Waals surface area contributed by atoms with Crippen molar-refractivity contribution in [3.05, 3.63) is 33.5 Å². The van der Waals surface area contributed by atoms with Gasteiger partial charge in [0.25, 0.3) is 5.89 Å². The summed E-state index contributed by atoms with van der Waals surface area (Å²) >= 11 is 9.44. The molecular weight excluding hydrogens is 305 g/mol. The summed E-state index contributed by atoms with van der Waals surface area (Å²) in [5.41, 5.74) is 5.93. The van der Waals surface area contributed by atoms with E-state index in [0.29, 0.717) is 22.3 Å². The van der Waals surface area contributed by atoms with Crippen LogP contribution in [-0.2, 0) is 5.54 Å². The number of halogens is 2. The second-order valence-electron chi connectivity index (χ2n) is 4.27. The van der Waals surface area contributed by atoms with E-state index in [0.717, 1.165) is 4.47 Å². The zero-order chi connectivity index (χ0) is 12.6. The van der Waals surface area contributed by atoms with Crippen LogP contribution in [0.3, 0.4) is 0 Å². The highest BCUT2D eigenvalue weighted by atomic mass is 79.9. The SMILES string of the molecule is CC(C)(N)c1noc(-c2cc(Br)ccc2Cl)n1. The van der Waals surface area contributed by atoms with Crippen LogP contribution in [0.5, 0.6) is 0 Å². The van der Waals surface area contributed by atoms with E-state index >= 15 is 0 Å². The molecule has 4 nitrogen and oxygen atoms in total. The summed E-state index contributed by atoms with van der Waals surface area (Å²) in [4.78, 5) is 4.25. The maximum Gasteiger partial charge on any atom is 0.259 e. The summed E-state index contributed by atoms with van der Waals surface area (Å²) < 4.78 is 6.06. The molecule has 2 rings (SSSR count). The Balaban J connectivity index is 2.47. The van der Waals surface area contributed by atoms with E-state index in [1.807, 2.05) is 26.0 Å². The lowest BCUT2D eigenvalue weighted by atomic mass is 10.1. The van der Waals surface area contributed by atoms with Gasteiger partial charge in [0.15, 0.2) is 5.82 Å². The zero-order valence-corrected chi connectivity index (χ0v) is 11.7. The van der Waals surface area contributed by atoms with Crippen LogP contribution in [0.4, 0.5) is 0 Å². The average Bonchev–Trinajstić information content (AvgIpc) is 2.70. The van der Waals surface area contributed by atoms with E-state index in [9.17, 15) is 0 Å². The molecule has 0 radical (unpaired) electrons. The van der Waals surface area contributed by atoms with E-state index in [1.54, 1.807) is 6.07 Å². The summed E-state index contributed by atoms with van der Waals surface area (Å²) in [7, 11) is 0. The Labute approximate surface area is 112 Å². The van der Waals surface area contributed by atoms with E-state index in [4.69, 9.17) is 21.9 Å². The molecule has 0 fully saturated rings. The van der Waals surface area contributed by atoms with Crippen molar-refractivity contribution in [2.45, 2.75) is 19.4 Å². The number of hydrogen-bond acceptors (Lipinski definition) is 4. The fourth-order valence-electron chi connectivity index (χ4n) is 1.26. The summed E-state index contributed by atoms with van der Waals surface area (Å²) in [6, 6.07) is 5.43. The molecule has 90 valence electrons. The van der Waals surface area contributed by atoms with Gasteiger partial charge in [0, 0.05) is 4.47 Å². The minimum atomic E-state index is -0.639. The largest absolute Gasteiger partial charge is 0.334 e. The molecule has 1 heterocycles. The van der Waals surface area contributed by atoms with Crippen LogP contribution in [-0.4, -0.2) is 10.1 Å². The van der Waals surface area contributed by atoms with E-state index < -0.39 is 5.54 Å². The first kappa shape index (κ1) is 12.5. The molecule has 0 bridgehead atoms. The highest BCUT2D eigenvalue weighted by molar-refractivity contribution is 9.10. The predicted molar refractivity (Wildman–Crippen MR) is 69.7 cm³/mol. The molecule has 0 aliphatic heterocycles. The number of rotatable bonds is 2. The Hall–Kier alpha value is -0.910. The predicted octanol–water partition coefficient (Wildman–Crippen LogP) is 3.35. The number of nitrogens with two attached hydrogens (primary N) is 1. The molecule has 1 aromatic carbocycles. The Bertz CT molecular complexity index is 548. The molecule has 0 unspecified atom stereocenters. The second kappa shape index (κ2) is 4.40. The van der Waals surface area contributed by atoms with Gasteiger partial charge in [-0.3, -0.25) is 0 Å². The van der Waals surface area contributed by atoms with E-state index in [2.05, 4.69) is 26.1 Å². The van der Waals surface area contributed by atoms with Crippen molar-refractivity contribution in [3.8, 4) is 11.5 Å². The standard InChI is InChI=1S/C11H11BrClN3O/c1-11(2,14)10-15-9(17-16-10)7-5-6(12)3-4-8(7)13/h3-5H,14H2,1-2H3. The molecule has 0 atom stereocenters. The Morgan fingerprint density at radius 1 is 1.41 bits per heavy atom. The summed E-state index contributed by atoms with van der Waals surface area (Å²) in [5, 5.41) is 4.40. The molecule has 0 amide bonds. The van der Waals surface area contributed by atoms with Gasteiger partial charge in [0.05, 0.1) is 16.1 Å². The number of benzene rings is 1. The van der Waals surface area contributed by atoms with Crippen molar-refractivity contribution in [3.63, 3.8) is 0 Å². The lowest BCUT2D eigenvalue weighted by Crippen LogP contribution is -2.30. The highest BCUT2D eigenvalue weighted by Gasteiger charge is 2.22. The number of nitrogens with zero attached hydrogens (tertiary/aromatic N) is 2. The van der Waals surface area contributed by atoms with Crippen LogP contribution < -0.4 is 5.73 Å². The van der Waals surface area contributed by atoms with Gasteiger partial charge >= 0.3 is 0 Å². The molecule has 17 heavy (non-hydrogen) atoms. The van der Waals surface area contributed by atoms with Gasteiger partial charge < -0.3 is 10.3 Å². The first-order valence-electron chi connectivity index (χ1n) is 4.96. The third kappa shape index (κ3) is 2.68. The lowest BCUT2D eigenvalue weighted by Gasteiger charge is -2.11. The molecular formula is C11H11BrClN3O. The van der Waals surface area contributed by atoms with Gasteiger partial charge in [-0.15, -0.1) is 0 Å². The van der Waals surface area contributed by atoms with Gasteiger partial charge in [-0.25, -0.2) is 0 Å². The maximum atomic E-state index is 6.07. The number of hydrogen-bond donors (Lipinski definition) is 1. The fourth-order valence-corrected chi connectivity index (χ4v) is 1.82. The molecule has 0 aliphatic carbocycles. The molecule has 0 saturated carbocycles. The Kier molecular flexibility index (Phi) is 3.25. The monoisotopic (exact) mass is 315 g/mol. The third-order valence-electron chi connectivity index (χ3n) is 2.16. The van der Waals surface area contributed by atoms with Crippen molar-refractivity contribution >= 4 is 27.5 Å². The molecule has 0 spiro atoms. The van der Waals surface area contributed by atoms with Crippen LogP contribution in [0, 0.1) is 0 Å². The van der Waals surface area contributed by atoms with Gasteiger partial charge in [-0.05, 0) is 32.0 Å². The van der Waals surface area contributed by atoms with Crippen molar-refractivity contribution < 1.29 is 4.52 Å². The normalized spacial score (nSPS) is 11.8. The van der Waals surface area contributed by atoms with Gasteiger partial charge in [0.2, 0.25) is 0 Å². The van der Waals surface area contributed by atoms with E-state index in [1.165, 1.54) is 0 Å². The fraction of sp³-hybridized carbons (Fsp3) is 0.273. The van der Waals surface area contributed by atoms with Crippen molar-refractivity contribution in [2.24, 2.45) is 5.73 Å². The van der Waals surface area contributed by atoms with Crippen molar-refractivity contribution in [1.82, 2.24) is 10.1 Å². The van der Waals surface area contributed by atoms with Crippen LogP contribution >= 0.6 is 27.5 Å². The minimum absolute atomic E-state index is 0.366. The van der Waals surface area contributed by atoms with E-state index in [-0.39, 0.29) is 0 Å². The van der Waals surface area contributed by atoms with Crippen molar-refractivity contribution in [1.29, 1.82) is 0 Å². The van der Waals surface area contributed by atoms with Crippen LogP contribution in [0.1, 0.15) is 19.7 Å². The molecule has 0 saturated heterocycles. The zero-order valence-electron chi connectivity index (χ0n) is 9.37. The number of aromatic nitrogens is 2. The average molecular weight is 317 g/mol. The Morgan fingerprint density at radius 3 is 2.71 bits per heavy atom. The van der Waals surface area contributed by atoms with Crippen LogP contribution in [0.25, 0.3) is 11.5 Å². The summed E-state index contributed by atoms with van der Waals surface area (Å²) in [5.74, 6) is 0.813. The molecule has 0 aliphatic rings. The van der Waals surface area contributed by atoms with Gasteiger partial charge in [0.1, 0.15) is 0 Å². The summed E-state index contributed by atoms with van der Waals surface area (Å²) in [6.07, 6.45) is 0. The first-order chi connectivity index (χ1) is 7.88. The van der Waals surface area contributed by atoms with Gasteiger partial charge in [-0.1, -0.05) is 32.7 Å². The smallest absolute Gasteiger partial charge is 0.259 e. The highest BCUT2D eigenvalue weighted by Crippen LogP contribution is 2.30. The minimum Gasteiger partial charge on any atom is -0.334 e. The Morgan fingerprint density at radius 2 is 2.12 bits per heavy atom. The van der Waals surface area contributed by atoms with Crippen LogP contribution in [0.15, 0.2) is 27.2 Å². The van der Waals surface area contributed by atoms with Crippen molar-refractivity contribution in [2.75, 3.05) is 0 Å². The van der Waals surface area contributed by atoms with Gasteiger partial charge in [-0.2, -0.15) is 4.98 Å². The van der Waals surface area contributed by atoms with Crippen LogP contribution in [0.2, 0.25) is 5.02 Å². The first-order valence-corrected chi connectivity index (χ1v) is 6.13. The maximum absolute atomic E-state index is 6.07. The second-order valence-corrected chi connectivity index (χ2v) is 5.59. The molecule has 6 heteroatoms. The lowest BCUT2D eigenvalue weighted by molar-refractivity contribution is 0.397. The quantitative estimate of drug-likeness (QED) is 0.923. The molecule has 2 N–H and O–H groups in total. The molecule has 1 aromatic heterocycles.